The summed E-state index contributed by atoms with van der Waals surface area (Å²) in [7, 11) is -4.45. The molecule has 0 saturated heterocycles. The molecule has 0 amide bonds. The van der Waals surface area contributed by atoms with E-state index in [1.54, 1.807) is 13.0 Å². The van der Waals surface area contributed by atoms with Gasteiger partial charge in [-0.3, -0.25) is 0 Å². The number of aryl methyl sites for hydroxylation is 1. The molecule has 0 aromatic heterocycles. The fourth-order valence-electron chi connectivity index (χ4n) is 1.60. The van der Waals surface area contributed by atoms with Crippen molar-refractivity contribution in [2.75, 3.05) is 6.54 Å². The van der Waals surface area contributed by atoms with Crippen molar-refractivity contribution in [2.24, 2.45) is 5.73 Å². The Kier molecular flexibility index (Phi) is 4.39. The molecule has 0 fully saturated rings. The summed E-state index contributed by atoms with van der Waals surface area (Å²) < 4.78 is 62.2. The Hall–Kier alpha value is -1.08. The highest BCUT2D eigenvalue weighted by Crippen LogP contribution is 2.32. The number of hydrogen-bond acceptors (Lipinski definition) is 3. The van der Waals surface area contributed by atoms with Crippen molar-refractivity contribution in [1.82, 2.24) is 0 Å². The minimum atomic E-state index is -4.82. The van der Waals surface area contributed by atoms with Gasteiger partial charge in [0.15, 0.2) is 15.1 Å². The maximum absolute atomic E-state index is 12.8. The lowest BCUT2D eigenvalue weighted by molar-refractivity contribution is -0.131. The van der Waals surface area contributed by atoms with E-state index in [4.69, 9.17) is 5.73 Å². The predicted molar refractivity (Wildman–Crippen MR) is 61.9 cm³/mol. The quantitative estimate of drug-likeness (QED) is 0.918. The average Bonchev–Trinajstić information content (AvgIpc) is 2.24. The van der Waals surface area contributed by atoms with Gasteiger partial charge in [-0.1, -0.05) is 12.1 Å². The Morgan fingerprint density at radius 3 is 2.39 bits per heavy atom. The Morgan fingerprint density at radius 1 is 1.33 bits per heavy atom. The molecule has 1 aromatic carbocycles. The van der Waals surface area contributed by atoms with E-state index in [-0.39, 0.29) is 11.4 Å². The Balaban J connectivity index is 3.26. The Labute approximate surface area is 104 Å². The first-order valence-electron chi connectivity index (χ1n) is 5.27. The van der Waals surface area contributed by atoms with Gasteiger partial charge in [-0.05, 0) is 37.6 Å². The first kappa shape index (κ1) is 15.0. The number of rotatable bonds is 4. The lowest BCUT2D eigenvalue weighted by Gasteiger charge is -2.20. The molecular weight excluding hydrogens is 267 g/mol. The van der Waals surface area contributed by atoms with Crippen LogP contribution in [-0.2, 0) is 9.84 Å². The van der Waals surface area contributed by atoms with Crippen LogP contribution < -0.4 is 5.73 Å². The normalized spacial score (nSPS) is 14.5. The highest BCUT2D eigenvalue weighted by Gasteiger charge is 2.48. The third-order valence-electron chi connectivity index (χ3n) is 2.49. The molecule has 3 nitrogen and oxygen atoms in total. The van der Waals surface area contributed by atoms with Gasteiger partial charge in [0.05, 0.1) is 4.90 Å². The molecule has 18 heavy (non-hydrogen) atoms. The molecule has 2 N–H and O–H groups in total. The number of halogens is 3. The van der Waals surface area contributed by atoms with Gasteiger partial charge in [-0.2, -0.15) is 13.2 Å². The monoisotopic (exact) mass is 281 g/mol. The van der Waals surface area contributed by atoms with Crippen molar-refractivity contribution in [3.8, 4) is 0 Å². The van der Waals surface area contributed by atoms with E-state index in [0.717, 1.165) is 6.07 Å². The van der Waals surface area contributed by atoms with Gasteiger partial charge in [0.1, 0.15) is 0 Å². The molecule has 0 spiro atoms. The van der Waals surface area contributed by atoms with E-state index in [1.165, 1.54) is 12.1 Å². The third-order valence-corrected chi connectivity index (χ3v) is 4.65. The lowest BCUT2D eigenvalue weighted by atomic mass is 10.2. The number of hydrogen-bond donors (Lipinski definition) is 1. The second kappa shape index (κ2) is 5.27. The van der Waals surface area contributed by atoms with Crippen molar-refractivity contribution in [3.63, 3.8) is 0 Å². The second-order valence-corrected chi connectivity index (χ2v) is 6.10. The number of alkyl halides is 3. The van der Waals surface area contributed by atoms with Gasteiger partial charge < -0.3 is 5.73 Å². The fourth-order valence-corrected chi connectivity index (χ4v) is 3.35. The molecule has 102 valence electrons. The zero-order valence-corrected chi connectivity index (χ0v) is 10.6. The molecule has 1 aromatic rings. The van der Waals surface area contributed by atoms with Crippen molar-refractivity contribution in [3.05, 3.63) is 29.8 Å². The molecule has 1 atom stereocenters. The maximum Gasteiger partial charge on any atom is 0.405 e. The van der Waals surface area contributed by atoms with Crippen LogP contribution in [0.25, 0.3) is 0 Å². The summed E-state index contributed by atoms with van der Waals surface area (Å²) in [5.74, 6) is 0. The largest absolute Gasteiger partial charge is 0.405 e. The summed E-state index contributed by atoms with van der Waals surface area (Å²) in [5.41, 5.74) is 5.65. The van der Waals surface area contributed by atoms with Crippen LogP contribution in [0, 0.1) is 6.92 Å². The van der Waals surface area contributed by atoms with Crippen LogP contribution in [0.2, 0.25) is 0 Å². The molecule has 0 bridgehead atoms. The maximum atomic E-state index is 12.8. The molecule has 0 radical (unpaired) electrons. The molecule has 1 unspecified atom stereocenters. The zero-order chi connectivity index (χ0) is 14.0. The topological polar surface area (TPSA) is 60.2 Å². The first-order chi connectivity index (χ1) is 8.19. The van der Waals surface area contributed by atoms with Crippen molar-refractivity contribution < 1.29 is 21.6 Å². The molecule has 0 saturated carbocycles. The van der Waals surface area contributed by atoms with Crippen LogP contribution in [0.4, 0.5) is 13.2 Å². The smallest absolute Gasteiger partial charge is 0.330 e. The average molecular weight is 281 g/mol. The van der Waals surface area contributed by atoms with Crippen LogP contribution >= 0.6 is 0 Å². The third kappa shape index (κ3) is 3.23. The van der Waals surface area contributed by atoms with E-state index >= 15 is 0 Å². The SMILES string of the molecule is Cc1cccc(S(=O)(=O)C(CCN)C(F)(F)F)c1. The Morgan fingerprint density at radius 2 is 1.94 bits per heavy atom. The zero-order valence-electron chi connectivity index (χ0n) is 9.74. The molecule has 1 rings (SSSR count). The van der Waals surface area contributed by atoms with Gasteiger partial charge in [0, 0.05) is 0 Å². The van der Waals surface area contributed by atoms with Gasteiger partial charge in [-0.15, -0.1) is 0 Å². The molecular formula is C11H14F3NO2S. The first-order valence-corrected chi connectivity index (χ1v) is 6.81. The van der Waals surface area contributed by atoms with E-state index < -0.39 is 27.7 Å². The van der Waals surface area contributed by atoms with Crippen molar-refractivity contribution in [2.45, 2.75) is 29.7 Å². The number of sulfone groups is 1. The van der Waals surface area contributed by atoms with E-state index in [1.807, 2.05) is 0 Å². The minimum Gasteiger partial charge on any atom is -0.330 e. The van der Waals surface area contributed by atoms with Gasteiger partial charge in [0.25, 0.3) is 0 Å². The minimum absolute atomic E-state index is 0.321. The van der Waals surface area contributed by atoms with Crippen molar-refractivity contribution in [1.29, 1.82) is 0 Å². The standard InChI is InChI=1S/C11H14F3NO2S/c1-8-3-2-4-9(7-8)18(16,17)10(5-6-15)11(12,13)14/h2-4,7,10H,5-6,15H2,1H3. The Bertz CT molecular complexity index is 511. The molecule has 0 aliphatic rings. The highest BCUT2D eigenvalue weighted by atomic mass is 32.2. The van der Waals surface area contributed by atoms with Crippen molar-refractivity contribution >= 4 is 9.84 Å². The van der Waals surface area contributed by atoms with Gasteiger partial charge in [0.2, 0.25) is 0 Å². The fraction of sp³-hybridized carbons (Fsp3) is 0.455. The summed E-state index contributed by atoms with van der Waals surface area (Å²) in [6, 6.07) is 5.42. The van der Waals surface area contributed by atoms with Crippen LogP contribution in [0.1, 0.15) is 12.0 Å². The van der Waals surface area contributed by atoms with Crippen LogP contribution in [-0.4, -0.2) is 26.4 Å². The van der Waals surface area contributed by atoms with E-state index in [2.05, 4.69) is 0 Å². The predicted octanol–water partition coefficient (Wildman–Crippen LogP) is 2.05. The molecule has 0 heterocycles. The highest BCUT2D eigenvalue weighted by molar-refractivity contribution is 7.92. The van der Waals surface area contributed by atoms with Gasteiger partial charge >= 0.3 is 6.18 Å². The number of nitrogens with two attached hydrogens (primary N) is 1. The van der Waals surface area contributed by atoms with Crippen LogP contribution in [0.3, 0.4) is 0 Å². The summed E-state index contributed by atoms with van der Waals surface area (Å²) in [5, 5.41) is -2.45. The van der Waals surface area contributed by atoms with E-state index in [0.29, 0.717) is 5.56 Å². The van der Waals surface area contributed by atoms with E-state index in [9.17, 15) is 21.6 Å². The van der Waals surface area contributed by atoms with Gasteiger partial charge in [-0.25, -0.2) is 8.42 Å². The summed E-state index contributed by atoms with van der Waals surface area (Å²) in [4.78, 5) is -0.321. The number of benzene rings is 1. The molecule has 0 aliphatic heterocycles. The van der Waals surface area contributed by atoms with Crippen LogP contribution in [0.15, 0.2) is 29.2 Å². The molecule has 0 aliphatic carbocycles. The van der Waals surface area contributed by atoms with Crippen LogP contribution in [0.5, 0.6) is 0 Å². The summed E-state index contributed by atoms with van der Waals surface area (Å²) in [6.45, 7) is 1.28. The molecule has 7 heteroatoms. The summed E-state index contributed by atoms with van der Waals surface area (Å²) >= 11 is 0. The summed E-state index contributed by atoms with van der Waals surface area (Å²) in [6.07, 6.45) is -5.46. The second-order valence-electron chi connectivity index (χ2n) is 3.97. The lowest BCUT2D eigenvalue weighted by Crippen LogP contribution is -2.38.